The molecule has 0 radical (unpaired) electrons. The van der Waals surface area contributed by atoms with Gasteiger partial charge in [-0.2, -0.15) is 0 Å². The lowest BCUT2D eigenvalue weighted by Gasteiger charge is -2.39. The Hall–Kier alpha value is -0.0800. The van der Waals surface area contributed by atoms with Gasteiger partial charge in [0.1, 0.15) is 0 Å². The van der Waals surface area contributed by atoms with Crippen LogP contribution in [0, 0.1) is 0 Å². The van der Waals surface area contributed by atoms with Crippen LogP contribution in [0.5, 0.6) is 0 Å². The Kier molecular flexibility index (Phi) is 3.72. The topological polar surface area (TPSA) is 15.3 Å². The van der Waals surface area contributed by atoms with Crippen molar-refractivity contribution in [3.63, 3.8) is 0 Å². The molecule has 1 aliphatic carbocycles. The highest BCUT2D eigenvalue weighted by molar-refractivity contribution is 4.96. The van der Waals surface area contributed by atoms with Crippen molar-refractivity contribution in [1.29, 1.82) is 0 Å². The molecule has 1 N–H and O–H groups in total. The first-order valence-corrected chi connectivity index (χ1v) is 7.81. The van der Waals surface area contributed by atoms with Gasteiger partial charge in [0, 0.05) is 24.2 Å². The molecule has 3 aliphatic rings. The quantitative estimate of drug-likeness (QED) is 0.742. The van der Waals surface area contributed by atoms with Crippen molar-refractivity contribution in [2.75, 3.05) is 7.05 Å². The van der Waals surface area contributed by atoms with E-state index in [-0.39, 0.29) is 0 Å². The Bertz CT molecular complexity index is 233. The van der Waals surface area contributed by atoms with Crippen molar-refractivity contribution in [3.8, 4) is 0 Å². The SMILES string of the molecule is CN(C1CCCCCC1)C1CC2CCC(C1)N2. The molecule has 1 saturated carbocycles. The number of piperidine rings is 1. The van der Waals surface area contributed by atoms with Gasteiger partial charge >= 0.3 is 0 Å². The molecule has 98 valence electrons. The van der Waals surface area contributed by atoms with Gasteiger partial charge in [0.2, 0.25) is 0 Å². The highest BCUT2D eigenvalue weighted by atomic mass is 15.2. The molecule has 2 unspecified atom stereocenters. The van der Waals surface area contributed by atoms with Gasteiger partial charge in [-0.15, -0.1) is 0 Å². The second-order valence-corrected chi connectivity index (χ2v) is 6.57. The summed E-state index contributed by atoms with van der Waals surface area (Å²) in [5, 5.41) is 3.76. The summed E-state index contributed by atoms with van der Waals surface area (Å²) >= 11 is 0. The summed E-state index contributed by atoms with van der Waals surface area (Å²) in [6.45, 7) is 0. The second-order valence-electron chi connectivity index (χ2n) is 6.57. The summed E-state index contributed by atoms with van der Waals surface area (Å²) in [6.07, 6.45) is 14.5. The van der Waals surface area contributed by atoms with Crippen LogP contribution in [-0.2, 0) is 0 Å². The van der Waals surface area contributed by atoms with E-state index in [0.717, 1.165) is 24.2 Å². The molecule has 2 aliphatic heterocycles. The molecular formula is C15H28N2. The molecular weight excluding hydrogens is 208 g/mol. The van der Waals surface area contributed by atoms with Crippen LogP contribution in [0.4, 0.5) is 0 Å². The normalized spacial score (nSPS) is 39.5. The Labute approximate surface area is 106 Å². The zero-order chi connectivity index (χ0) is 11.7. The van der Waals surface area contributed by atoms with Crippen LogP contribution in [0.3, 0.4) is 0 Å². The smallest absolute Gasteiger partial charge is 0.0125 e. The van der Waals surface area contributed by atoms with Gasteiger partial charge in [-0.3, -0.25) is 0 Å². The fourth-order valence-corrected chi connectivity index (χ4v) is 4.32. The van der Waals surface area contributed by atoms with Crippen LogP contribution in [-0.4, -0.2) is 36.1 Å². The lowest BCUT2D eigenvalue weighted by atomic mass is 9.95. The maximum Gasteiger partial charge on any atom is 0.0125 e. The predicted molar refractivity (Wildman–Crippen MR) is 72.2 cm³/mol. The van der Waals surface area contributed by atoms with E-state index in [1.54, 1.807) is 0 Å². The zero-order valence-electron chi connectivity index (χ0n) is 11.3. The number of nitrogens with one attached hydrogen (secondary N) is 1. The molecule has 3 rings (SSSR count). The fourth-order valence-electron chi connectivity index (χ4n) is 4.32. The maximum absolute atomic E-state index is 3.76. The summed E-state index contributed by atoms with van der Waals surface area (Å²) in [4.78, 5) is 2.76. The van der Waals surface area contributed by atoms with Crippen LogP contribution in [0.1, 0.15) is 64.2 Å². The Morgan fingerprint density at radius 1 is 0.765 bits per heavy atom. The molecule has 0 spiro atoms. The molecule has 17 heavy (non-hydrogen) atoms. The molecule has 0 aromatic rings. The van der Waals surface area contributed by atoms with Gasteiger partial charge in [0.25, 0.3) is 0 Å². The van der Waals surface area contributed by atoms with Gasteiger partial charge < -0.3 is 10.2 Å². The highest BCUT2D eigenvalue weighted by Gasteiger charge is 2.36. The summed E-state index contributed by atoms with van der Waals surface area (Å²) in [5.41, 5.74) is 0. The summed E-state index contributed by atoms with van der Waals surface area (Å²) in [5.74, 6) is 0. The third-order valence-electron chi connectivity index (χ3n) is 5.42. The van der Waals surface area contributed by atoms with E-state index >= 15 is 0 Å². The Morgan fingerprint density at radius 2 is 1.35 bits per heavy atom. The lowest BCUT2D eigenvalue weighted by molar-refractivity contribution is 0.114. The minimum atomic E-state index is 0.840. The summed E-state index contributed by atoms with van der Waals surface area (Å²) < 4.78 is 0. The first kappa shape index (κ1) is 12.0. The Balaban J connectivity index is 1.59. The third-order valence-corrected chi connectivity index (χ3v) is 5.42. The third kappa shape index (κ3) is 2.68. The molecule has 2 heteroatoms. The lowest BCUT2D eigenvalue weighted by Crippen LogP contribution is -2.49. The first-order chi connectivity index (χ1) is 8.33. The average Bonchev–Trinajstić information content (AvgIpc) is 2.61. The van der Waals surface area contributed by atoms with E-state index in [1.807, 2.05) is 0 Å². The molecule has 2 nitrogen and oxygen atoms in total. The zero-order valence-corrected chi connectivity index (χ0v) is 11.3. The summed E-state index contributed by atoms with van der Waals surface area (Å²) in [7, 11) is 2.41. The van der Waals surface area contributed by atoms with Crippen LogP contribution in [0.2, 0.25) is 0 Å². The van der Waals surface area contributed by atoms with E-state index < -0.39 is 0 Å². The number of nitrogens with zero attached hydrogens (tertiary/aromatic N) is 1. The fraction of sp³-hybridized carbons (Fsp3) is 1.00. The maximum atomic E-state index is 3.76. The van der Waals surface area contributed by atoms with Crippen molar-refractivity contribution in [1.82, 2.24) is 10.2 Å². The van der Waals surface area contributed by atoms with Gasteiger partial charge in [-0.1, -0.05) is 25.7 Å². The van der Waals surface area contributed by atoms with E-state index in [4.69, 9.17) is 0 Å². The second kappa shape index (κ2) is 5.27. The molecule has 2 saturated heterocycles. The van der Waals surface area contributed by atoms with Crippen molar-refractivity contribution in [3.05, 3.63) is 0 Å². The molecule has 0 aromatic carbocycles. The minimum Gasteiger partial charge on any atom is -0.311 e. The summed E-state index contributed by atoms with van der Waals surface area (Å²) in [6, 6.07) is 3.44. The first-order valence-electron chi connectivity index (χ1n) is 7.81. The molecule has 3 fully saturated rings. The van der Waals surface area contributed by atoms with Crippen molar-refractivity contribution < 1.29 is 0 Å². The predicted octanol–water partition coefficient (Wildman–Crippen LogP) is 2.92. The van der Waals surface area contributed by atoms with Crippen LogP contribution >= 0.6 is 0 Å². The number of rotatable bonds is 2. The van der Waals surface area contributed by atoms with E-state index in [1.165, 1.54) is 64.2 Å². The number of fused-ring (bicyclic) bond motifs is 2. The monoisotopic (exact) mass is 236 g/mol. The average molecular weight is 236 g/mol. The van der Waals surface area contributed by atoms with Gasteiger partial charge in [0.05, 0.1) is 0 Å². The van der Waals surface area contributed by atoms with Crippen molar-refractivity contribution >= 4 is 0 Å². The largest absolute Gasteiger partial charge is 0.311 e. The minimum absolute atomic E-state index is 0.840. The van der Waals surface area contributed by atoms with Crippen LogP contribution < -0.4 is 5.32 Å². The van der Waals surface area contributed by atoms with Gasteiger partial charge in [-0.05, 0) is 45.6 Å². The molecule has 2 bridgehead atoms. The van der Waals surface area contributed by atoms with E-state index in [2.05, 4.69) is 17.3 Å². The van der Waals surface area contributed by atoms with Gasteiger partial charge in [0.15, 0.2) is 0 Å². The van der Waals surface area contributed by atoms with Gasteiger partial charge in [-0.25, -0.2) is 0 Å². The van der Waals surface area contributed by atoms with Crippen LogP contribution in [0.25, 0.3) is 0 Å². The molecule has 0 aromatic heterocycles. The number of hydrogen-bond donors (Lipinski definition) is 1. The van der Waals surface area contributed by atoms with E-state index in [0.29, 0.717) is 0 Å². The van der Waals surface area contributed by atoms with Crippen molar-refractivity contribution in [2.45, 2.75) is 88.4 Å². The Morgan fingerprint density at radius 3 is 1.94 bits per heavy atom. The number of hydrogen-bond acceptors (Lipinski definition) is 2. The van der Waals surface area contributed by atoms with Crippen LogP contribution in [0.15, 0.2) is 0 Å². The molecule has 0 amide bonds. The molecule has 2 heterocycles. The molecule has 2 atom stereocenters. The highest BCUT2D eigenvalue weighted by Crippen LogP contribution is 2.32. The van der Waals surface area contributed by atoms with Crippen molar-refractivity contribution in [2.24, 2.45) is 0 Å². The standard InChI is InChI=1S/C15H28N2/c1-17(14-6-4-2-3-5-7-14)15-10-12-8-9-13(11-15)16-12/h12-16H,2-11H2,1H3. The van der Waals surface area contributed by atoms with E-state index in [9.17, 15) is 0 Å².